The first kappa shape index (κ1) is 16.7. The van der Waals surface area contributed by atoms with Crippen molar-refractivity contribution in [2.45, 2.75) is 13.8 Å². The van der Waals surface area contributed by atoms with Crippen molar-refractivity contribution in [2.24, 2.45) is 0 Å². The van der Waals surface area contributed by atoms with E-state index in [9.17, 15) is 14.0 Å². The molecule has 126 valence electrons. The number of amides is 1. The first-order chi connectivity index (χ1) is 11.9. The lowest BCUT2D eigenvalue weighted by Crippen LogP contribution is -2.29. The van der Waals surface area contributed by atoms with E-state index in [0.717, 1.165) is 11.4 Å². The number of ketones is 1. The van der Waals surface area contributed by atoms with Gasteiger partial charge in [0.2, 0.25) is 0 Å². The van der Waals surface area contributed by atoms with Crippen LogP contribution in [0.15, 0.2) is 42.5 Å². The molecular formula is C19H16FN3O2. The van der Waals surface area contributed by atoms with Crippen molar-refractivity contribution in [2.75, 3.05) is 6.54 Å². The molecule has 0 unspecified atom stereocenters. The van der Waals surface area contributed by atoms with Gasteiger partial charge in [-0.05, 0) is 56.3 Å². The second-order valence-electron chi connectivity index (χ2n) is 5.71. The highest BCUT2D eigenvalue weighted by molar-refractivity contribution is 6.03. The highest BCUT2D eigenvalue weighted by atomic mass is 19.1. The Hall–Kier alpha value is -3.15. The number of halogens is 1. The largest absolute Gasteiger partial charge is 0.345 e. The molecule has 0 spiro atoms. The quantitative estimate of drug-likeness (QED) is 0.743. The standard InChI is InChI=1S/C19H16FN3O2/c1-11-12(2)23-17-9-14(5-8-16(17)22-11)19(25)21-10-18(24)13-3-6-15(20)7-4-13/h3-9H,10H2,1-2H3,(H,21,25). The predicted octanol–water partition coefficient (Wildman–Crippen LogP) is 3.00. The van der Waals surface area contributed by atoms with E-state index in [4.69, 9.17) is 0 Å². The van der Waals surface area contributed by atoms with Crippen LogP contribution in [0.25, 0.3) is 11.0 Å². The molecule has 0 saturated heterocycles. The average Bonchev–Trinajstić information content (AvgIpc) is 2.60. The third-order valence-electron chi connectivity index (χ3n) is 3.91. The summed E-state index contributed by atoms with van der Waals surface area (Å²) in [6.07, 6.45) is 0. The number of aromatic nitrogens is 2. The summed E-state index contributed by atoms with van der Waals surface area (Å²) in [7, 11) is 0. The van der Waals surface area contributed by atoms with Gasteiger partial charge in [0.15, 0.2) is 5.78 Å². The fourth-order valence-corrected chi connectivity index (χ4v) is 2.37. The van der Waals surface area contributed by atoms with Crippen molar-refractivity contribution in [1.82, 2.24) is 15.3 Å². The van der Waals surface area contributed by atoms with Crippen molar-refractivity contribution < 1.29 is 14.0 Å². The predicted molar refractivity (Wildman–Crippen MR) is 92.1 cm³/mol. The molecular weight excluding hydrogens is 321 g/mol. The first-order valence-corrected chi connectivity index (χ1v) is 7.76. The van der Waals surface area contributed by atoms with Gasteiger partial charge in [0.1, 0.15) is 5.82 Å². The molecule has 3 rings (SSSR count). The topological polar surface area (TPSA) is 72.0 Å². The Morgan fingerprint density at radius 2 is 1.52 bits per heavy atom. The van der Waals surface area contributed by atoms with Crippen LogP contribution in [-0.2, 0) is 0 Å². The lowest BCUT2D eigenvalue weighted by Gasteiger charge is -2.07. The molecule has 1 aromatic heterocycles. The minimum Gasteiger partial charge on any atom is -0.345 e. The van der Waals surface area contributed by atoms with Crippen LogP contribution in [0.4, 0.5) is 4.39 Å². The van der Waals surface area contributed by atoms with Crippen molar-refractivity contribution >= 4 is 22.7 Å². The zero-order valence-corrected chi connectivity index (χ0v) is 13.8. The third kappa shape index (κ3) is 3.68. The molecule has 0 fully saturated rings. The molecule has 2 aromatic carbocycles. The monoisotopic (exact) mass is 337 g/mol. The Kier molecular flexibility index (Phi) is 4.52. The molecule has 0 atom stereocenters. The molecule has 3 aromatic rings. The van der Waals surface area contributed by atoms with E-state index in [1.54, 1.807) is 18.2 Å². The van der Waals surface area contributed by atoms with Gasteiger partial charge in [-0.1, -0.05) is 0 Å². The summed E-state index contributed by atoms with van der Waals surface area (Å²) in [5.41, 5.74) is 3.72. The molecule has 1 heterocycles. The zero-order chi connectivity index (χ0) is 18.0. The van der Waals surface area contributed by atoms with Gasteiger partial charge in [-0.3, -0.25) is 9.59 Å². The number of hydrogen-bond donors (Lipinski definition) is 1. The fraction of sp³-hybridized carbons (Fsp3) is 0.158. The van der Waals surface area contributed by atoms with Gasteiger partial charge >= 0.3 is 0 Å². The van der Waals surface area contributed by atoms with Crippen molar-refractivity contribution in [3.05, 3.63) is 70.8 Å². The molecule has 1 N–H and O–H groups in total. The molecule has 0 aliphatic heterocycles. The molecule has 0 radical (unpaired) electrons. The number of aryl methyl sites for hydroxylation is 2. The summed E-state index contributed by atoms with van der Waals surface area (Å²) in [6.45, 7) is 3.57. The number of carbonyl (C=O) groups is 2. The van der Waals surface area contributed by atoms with Crippen LogP contribution in [0.2, 0.25) is 0 Å². The number of hydrogen-bond acceptors (Lipinski definition) is 4. The number of benzene rings is 2. The van der Waals surface area contributed by atoms with Crippen molar-refractivity contribution in [3.8, 4) is 0 Å². The normalized spacial score (nSPS) is 10.7. The van der Waals surface area contributed by atoms with Crippen molar-refractivity contribution in [1.29, 1.82) is 0 Å². The maximum absolute atomic E-state index is 12.9. The Morgan fingerprint density at radius 3 is 2.20 bits per heavy atom. The fourth-order valence-electron chi connectivity index (χ4n) is 2.37. The van der Waals surface area contributed by atoms with Gasteiger partial charge in [0, 0.05) is 11.1 Å². The number of carbonyl (C=O) groups excluding carboxylic acids is 2. The summed E-state index contributed by atoms with van der Waals surface area (Å²) in [5.74, 6) is -1.08. The minimum atomic E-state index is -0.414. The SMILES string of the molecule is Cc1nc2ccc(C(=O)NCC(=O)c3ccc(F)cc3)cc2nc1C. The van der Waals surface area contributed by atoms with E-state index in [0.29, 0.717) is 22.2 Å². The number of Topliss-reactive ketones (excluding diaryl/α,β-unsaturated/α-hetero) is 1. The Morgan fingerprint density at radius 1 is 0.920 bits per heavy atom. The molecule has 1 amide bonds. The molecule has 25 heavy (non-hydrogen) atoms. The van der Waals surface area contributed by atoms with E-state index in [1.165, 1.54) is 24.3 Å². The zero-order valence-electron chi connectivity index (χ0n) is 13.8. The lowest BCUT2D eigenvalue weighted by atomic mass is 10.1. The average molecular weight is 337 g/mol. The molecule has 0 bridgehead atoms. The minimum absolute atomic E-state index is 0.166. The van der Waals surface area contributed by atoms with Gasteiger partial charge in [-0.25, -0.2) is 14.4 Å². The second kappa shape index (κ2) is 6.76. The van der Waals surface area contributed by atoms with Crippen LogP contribution in [0.3, 0.4) is 0 Å². The van der Waals surface area contributed by atoms with Gasteiger partial charge in [-0.2, -0.15) is 0 Å². The van der Waals surface area contributed by atoms with E-state index in [2.05, 4.69) is 15.3 Å². The first-order valence-electron chi connectivity index (χ1n) is 7.76. The van der Waals surface area contributed by atoms with Gasteiger partial charge in [0.05, 0.1) is 29.0 Å². The summed E-state index contributed by atoms with van der Waals surface area (Å²) in [5, 5.41) is 2.57. The highest BCUT2D eigenvalue weighted by Gasteiger charge is 2.11. The number of rotatable bonds is 4. The summed E-state index contributed by atoms with van der Waals surface area (Å²) >= 11 is 0. The van der Waals surface area contributed by atoms with Crippen LogP contribution in [-0.4, -0.2) is 28.2 Å². The number of fused-ring (bicyclic) bond motifs is 1. The maximum Gasteiger partial charge on any atom is 0.251 e. The van der Waals surface area contributed by atoms with Crippen LogP contribution < -0.4 is 5.32 Å². The third-order valence-corrected chi connectivity index (χ3v) is 3.91. The van der Waals surface area contributed by atoms with Crippen LogP contribution in [0, 0.1) is 19.7 Å². The second-order valence-corrected chi connectivity index (χ2v) is 5.71. The van der Waals surface area contributed by atoms with Gasteiger partial charge < -0.3 is 5.32 Å². The van der Waals surface area contributed by atoms with Gasteiger partial charge in [-0.15, -0.1) is 0 Å². The highest BCUT2D eigenvalue weighted by Crippen LogP contribution is 2.14. The Balaban J connectivity index is 1.72. The summed E-state index contributed by atoms with van der Waals surface area (Å²) < 4.78 is 12.9. The number of nitrogens with zero attached hydrogens (tertiary/aromatic N) is 2. The molecule has 0 aliphatic carbocycles. The smallest absolute Gasteiger partial charge is 0.251 e. The number of nitrogens with one attached hydrogen (secondary N) is 1. The summed E-state index contributed by atoms with van der Waals surface area (Å²) in [4.78, 5) is 33.1. The van der Waals surface area contributed by atoms with Crippen LogP contribution >= 0.6 is 0 Å². The van der Waals surface area contributed by atoms with E-state index in [-0.39, 0.29) is 18.2 Å². The maximum atomic E-state index is 12.9. The molecule has 6 heteroatoms. The Labute approximate surface area is 143 Å². The van der Waals surface area contributed by atoms with E-state index in [1.807, 2.05) is 13.8 Å². The summed E-state index contributed by atoms with van der Waals surface area (Å²) in [6, 6.07) is 10.2. The molecule has 0 saturated carbocycles. The Bertz CT molecular complexity index is 968. The van der Waals surface area contributed by atoms with Crippen LogP contribution in [0.5, 0.6) is 0 Å². The van der Waals surface area contributed by atoms with Gasteiger partial charge in [0.25, 0.3) is 5.91 Å². The van der Waals surface area contributed by atoms with Crippen LogP contribution in [0.1, 0.15) is 32.1 Å². The van der Waals surface area contributed by atoms with E-state index >= 15 is 0 Å². The molecule has 5 nitrogen and oxygen atoms in total. The van der Waals surface area contributed by atoms with E-state index < -0.39 is 5.82 Å². The molecule has 0 aliphatic rings. The lowest BCUT2D eigenvalue weighted by molar-refractivity contribution is 0.0904. The van der Waals surface area contributed by atoms with Crippen molar-refractivity contribution in [3.63, 3.8) is 0 Å².